The Morgan fingerprint density at radius 3 is 2.75 bits per heavy atom. The highest BCUT2D eigenvalue weighted by atomic mass is 79.9. The smallest absolute Gasteiger partial charge is 0.248 e. The molecular weight excluding hydrogens is 277 g/mol. The van der Waals surface area contributed by atoms with Crippen LogP contribution in [0.15, 0.2) is 35.1 Å². The average molecular weight is 284 g/mol. The number of nitrogens with two attached hydrogens (primary N) is 1. The van der Waals surface area contributed by atoms with Crippen molar-refractivity contribution in [2.24, 2.45) is 5.73 Å². The van der Waals surface area contributed by atoms with Gasteiger partial charge in [-0.3, -0.25) is 4.79 Å². The summed E-state index contributed by atoms with van der Waals surface area (Å²) < 4.78 is 15.7. The van der Waals surface area contributed by atoms with Gasteiger partial charge in [-0.2, -0.15) is 5.10 Å². The number of carbonyl (C=O) groups is 1. The summed E-state index contributed by atoms with van der Waals surface area (Å²) in [5, 5.41) is 3.93. The molecule has 0 unspecified atom stereocenters. The van der Waals surface area contributed by atoms with Crippen LogP contribution in [0, 0.1) is 5.82 Å². The van der Waals surface area contributed by atoms with Gasteiger partial charge in [0.25, 0.3) is 0 Å². The lowest BCUT2D eigenvalue weighted by Crippen LogP contribution is -2.11. The molecule has 0 aliphatic carbocycles. The first-order chi connectivity index (χ1) is 7.58. The van der Waals surface area contributed by atoms with Gasteiger partial charge in [0.2, 0.25) is 5.91 Å². The van der Waals surface area contributed by atoms with Gasteiger partial charge >= 0.3 is 0 Å². The number of aromatic nitrogens is 2. The number of amides is 1. The van der Waals surface area contributed by atoms with Crippen LogP contribution in [0.1, 0.15) is 10.4 Å². The molecule has 1 heterocycles. The van der Waals surface area contributed by atoms with Crippen LogP contribution >= 0.6 is 15.9 Å². The molecule has 0 atom stereocenters. The zero-order chi connectivity index (χ0) is 11.7. The van der Waals surface area contributed by atoms with Crippen LogP contribution in [0.25, 0.3) is 5.69 Å². The number of hydrogen-bond donors (Lipinski definition) is 1. The third kappa shape index (κ3) is 1.96. The first-order valence-electron chi connectivity index (χ1n) is 4.38. The second-order valence-corrected chi connectivity index (χ2v) is 4.05. The fourth-order valence-electron chi connectivity index (χ4n) is 1.28. The minimum atomic E-state index is -0.660. The summed E-state index contributed by atoms with van der Waals surface area (Å²) in [6, 6.07) is 4.00. The molecular formula is C10H7BrFN3O. The first-order valence-corrected chi connectivity index (χ1v) is 5.17. The van der Waals surface area contributed by atoms with Crippen LogP contribution in [0.2, 0.25) is 0 Å². The molecule has 2 rings (SSSR count). The molecule has 0 fully saturated rings. The van der Waals surface area contributed by atoms with Gasteiger partial charge in [0.15, 0.2) is 0 Å². The summed E-state index contributed by atoms with van der Waals surface area (Å²) in [5.41, 5.74) is 5.43. The Balaban J connectivity index is 2.47. The van der Waals surface area contributed by atoms with E-state index in [1.54, 1.807) is 12.4 Å². The Kier molecular flexibility index (Phi) is 2.74. The Labute approximate surface area is 99.0 Å². The lowest BCUT2D eigenvalue weighted by atomic mass is 10.2. The molecule has 1 amide bonds. The van der Waals surface area contributed by atoms with E-state index in [-0.39, 0.29) is 11.3 Å². The van der Waals surface area contributed by atoms with E-state index in [4.69, 9.17) is 5.73 Å². The molecule has 2 aromatic rings. The van der Waals surface area contributed by atoms with Crippen molar-refractivity contribution < 1.29 is 9.18 Å². The molecule has 6 heteroatoms. The minimum Gasteiger partial charge on any atom is -0.366 e. The summed E-state index contributed by atoms with van der Waals surface area (Å²) in [6.07, 6.45) is 3.16. The molecule has 0 aliphatic rings. The maximum atomic E-state index is 13.6. The maximum Gasteiger partial charge on any atom is 0.248 e. The van der Waals surface area contributed by atoms with E-state index in [1.165, 1.54) is 16.8 Å². The SMILES string of the molecule is NC(=O)c1ccc(-n2cc(Br)cn2)c(F)c1. The third-order valence-electron chi connectivity index (χ3n) is 2.03. The van der Waals surface area contributed by atoms with Crippen LogP contribution in [0.4, 0.5) is 4.39 Å². The number of benzene rings is 1. The normalized spacial score (nSPS) is 10.4. The standard InChI is InChI=1S/C10H7BrFN3O/c11-7-4-14-15(5-7)9-2-1-6(10(13)16)3-8(9)12/h1-5H,(H2,13,16). The van der Waals surface area contributed by atoms with Crippen molar-refractivity contribution in [2.45, 2.75) is 0 Å². The summed E-state index contributed by atoms with van der Waals surface area (Å²) in [7, 11) is 0. The molecule has 4 nitrogen and oxygen atoms in total. The molecule has 16 heavy (non-hydrogen) atoms. The molecule has 0 radical (unpaired) electrons. The Bertz CT molecular complexity index is 553. The van der Waals surface area contributed by atoms with Gasteiger partial charge in [-0.1, -0.05) is 0 Å². The van der Waals surface area contributed by atoms with Gasteiger partial charge in [0.05, 0.1) is 10.7 Å². The number of halogens is 2. The van der Waals surface area contributed by atoms with Crippen molar-refractivity contribution in [2.75, 3.05) is 0 Å². The summed E-state index contributed by atoms with van der Waals surface area (Å²) >= 11 is 3.21. The molecule has 0 saturated heterocycles. The number of primary amides is 1. The topological polar surface area (TPSA) is 60.9 Å². The zero-order valence-corrected chi connectivity index (χ0v) is 9.61. The maximum absolute atomic E-state index is 13.6. The monoisotopic (exact) mass is 283 g/mol. The third-order valence-corrected chi connectivity index (χ3v) is 2.44. The van der Waals surface area contributed by atoms with Gasteiger partial charge in [0, 0.05) is 11.8 Å². The second kappa shape index (κ2) is 4.05. The Morgan fingerprint density at radius 2 is 2.25 bits per heavy atom. The van der Waals surface area contributed by atoms with Gasteiger partial charge < -0.3 is 5.73 Å². The van der Waals surface area contributed by atoms with Crippen molar-refractivity contribution in [1.82, 2.24) is 9.78 Å². The van der Waals surface area contributed by atoms with Crippen molar-refractivity contribution in [1.29, 1.82) is 0 Å². The fraction of sp³-hybridized carbons (Fsp3) is 0. The summed E-state index contributed by atoms with van der Waals surface area (Å²) in [6.45, 7) is 0. The molecule has 0 saturated carbocycles. The van der Waals surface area contributed by atoms with Crippen LogP contribution in [0.5, 0.6) is 0 Å². The highest BCUT2D eigenvalue weighted by Gasteiger charge is 2.09. The zero-order valence-electron chi connectivity index (χ0n) is 8.02. The summed E-state index contributed by atoms with van der Waals surface area (Å²) in [5.74, 6) is -1.21. The van der Waals surface area contributed by atoms with Crippen LogP contribution < -0.4 is 5.73 Å². The molecule has 82 valence electrons. The fourth-order valence-corrected chi connectivity index (χ4v) is 1.56. The van der Waals surface area contributed by atoms with E-state index < -0.39 is 11.7 Å². The van der Waals surface area contributed by atoms with Crippen molar-refractivity contribution >= 4 is 21.8 Å². The molecule has 2 N–H and O–H groups in total. The average Bonchev–Trinajstić information content (AvgIpc) is 2.64. The first kappa shape index (κ1) is 10.8. The van der Waals surface area contributed by atoms with Gasteiger partial charge in [-0.15, -0.1) is 0 Å². The lowest BCUT2D eigenvalue weighted by Gasteiger charge is -2.03. The number of hydrogen-bond acceptors (Lipinski definition) is 2. The van der Waals surface area contributed by atoms with E-state index >= 15 is 0 Å². The van der Waals surface area contributed by atoms with Crippen LogP contribution in [0.3, 0.4) is 0 Å². The molecule has 0 aliphatic heterocycles. The van der Waals surface area contributed by atoms with E-state index in [1.807, 2.05) is 0 Å². The predicted octanol–water partition coefficient (Wildman–Crippen LogP) is 1.87. The second-order valence-electron chi connectivity index (χ2n) is 3.13. The van der Waals surface area contributed by atoms with E-state index in [0.717, 1.165) is 10.5 Å². The minimum absolute atomic E-state index is 0.132. The van der Waals surface area contributed by atoms with E-state index in [0.29, 0.717) is 0 Å². The summed E-state index contributed by atoms with van der Waals surface area (Å²) in [4.78, 5) is 10.8. The largest absolute Gasteiger partial charge is 0.366 e. The molecule has 0 bridgehead atoms. The highest BCUT2D eigenvalue weighted by molar-refractivity contribution is 9.10. The van der Waals surface area contributed by atoms with E-state index in [2.05, 4.69) is 21.0 Å². The number of rotatable bonds is 2. The van der Waals surface area contributed by atoms with Crippen LogP contribution in [-0.4, -0.2) is 15.7 Å². The molecule has 1 aromatic carbocycles. The molecule has 1 aromatic heterocycles. The predicted molar refractivity (Wildman–Crippen MR) is 59.7 cm³/mol. The highest BCUT2D eigenvalue weighted by Crippen LogP contribution is 2.16. The van der Waals surface area contributed by atoms with E-state index in [9.17, 15) is 9.18 Å². The van der Waals surface area contributed by atoms with Crippen molar-refractivity contribution in [3.8, 4) is 5.69 Å². The van der Waals surface area contributed by atoms with Crippen molar-refractivity contribution in [3.05, 3.63) is 46.4 Å². The lowest BCUT2D eigenvalue weighted by molar-refractivity contribution is 0.1000. The number of carbonyl (C=O) groups excluding carboxylic acids is 1. The van der Waals surface area contributed by atoms with Crippen LogP contribution in [-0.2, 0) is 0 Å². The Morgan fingerprint density at radius 1 is 1.50 bits per heavy atom. The van der Waals surface area contributed by atoms with Gasteiger partial charge in [-0.05, 0) is 34.1 Å². The number of nitrogens with zero attached hydrogens (tertiary/aromatic N) is 2. The molecule has 0 spiro atoms. The van der Waals surface area contributed by atoms with Crippen molar-refractivity contribution in [3.63, 3.8) is 0 Å². The van der Waals surface area contributed by atoms with Gasteiger partial charge in [0.1, 0.15) is 11.5 Å². The quantitative estimate of drug-likeness (QED) is 0.915. The Hall–Kier alpha value is -1.69. The van der Waals surface area contributed by atoms with Gasteiger partial charge in [-0.25, -0.2) is 9.07 Å².